The van der Waals surface area contributed by atoms with E-state index in [4.69, 9.17) is 5.26 Å². The highest BCUT2D eigenvalue weighted by Gasteiger charge is 2.31. The molecule has 1 fully saturated rings. The summed E-state index contributed by atoms with van der Waals surface area (Å²) < 4.78 is 43.1. The lowest BCUT2D eigenvalue weighted by Gasteiger charge is -2.37. The van der Waals surface area contributed by atoms with Gasteiger partial charge in [-0.15, -0.1) is 0 Å². The van der Waals surface area contributed by atoms with Crippen molar-refractivity contribution in [3.05, 3.63) is 92.9 Å². The molecule has 2 heterocycles. The van der Waals surface area contributed by atoms with E-state index in [2.05, 4.69) is 25.5 Å². The molecule has 1 aliphatic heterocycles. The van der Waals surface area contributed by atoms with Crippen molar-refractivity contribution in [3.8, 4) is 17.2 Å². The quantitative estimate of drug-likeness (QED) is 0.451. The normalized spacial score (nSPS) is 15.5. The third-order valence-corrected chi connectivity index (χ3v) is 7.55. The number of nitrogens with zero attached hydrogens (tertiary/aromatic N) is 3. The highest BCUT2D eigenvalue weighted by atomic mass is 19.4. The van der Waals surface area contributed by atoms with E-state index in [-0.39, 0.29) is 23.2 Å². The van der Waals surface area contributed by atoms with Gasteiger partial charge >= 0.3 is 6.18 Å². The fourth-order valence-electron chi connectivity index (χ4n) is 5.01. The molecule has 1 saturated heterocycles. The van der Waals surface area contributed by atoms with Gasteiger partial charge in [0.1, 0.15) is 5.56 Å². The standard InChI is InChI=1S/C30H31F3N4O2/c1-20-27(24-5-4-6-25(15-24)30(31,32)33)28(38)26(19-36(20)18-23-9-7-21(16-34)8-10-23)29(39)35-17-22-11-13-37(2,3)14-12-22/h4-10,15,19,22H,11-14,17-18H2,1-3H3/p+1. The topological polar surface area (TPSA) is 74.9 Å². The number of rotatable bonds is 6. The molecule has 0 atom stereocenters. The molecule has 0 spiro atoms. The van der Waals surface area contributed by atoms with Crippen LogP contribution in [0.1, 0.15) is 45.6 Å². The number of alkyl halides is 3. The Balaban J connectivity index is 1.72. The molecule has 2 aromatic carbocycles. The average Bonchev–Trinajstić information content (AvgIpc) is 2.89. The lowest BCUT2D eigenvalue weighted by Crippen LogP contribution is -2.48. The zero-order valence-electron chi connectivity index (χ0n) is 22.3. The number of carbonyl (C=O) groups is 1. The summed E-state index contributed by atoms with van der Waals surface area (Å²) in [5.41, 5.74) is 0.297. The highest BCUT2D eigenvalue weighted by Crippen LogP contribution is 2.32. The maximum atomic E-state index is 13.6. The summed E-state index contributed by atoms with van der Waals surface area (Å²) in [5, 5.41) is 12.0. The molecule has 0 saturated carbocycles. The molecular weight excluding hydrogens is 505 g/mol. The molecule has 1 amide bonds. The van der Waals surface area contributed by atoms with Gasteiger partial charge in [-0.25, -0.2) is 0 Å². The number of benzene rings is 2. The third-order valence-electron chi connectivity index (χ3n) is 7.55. The molecule has 1 N–H and O–H groups in total. The zero-order chi connectivity index (χ0) is 28.4. The number of piperidine rings is 1. The van der Waals surface area contributed by atoms with Crippen LogP contribution in [-0.2, 0) is 12.7 Å². The molecule has 6 nitrogen and oxygen atoms in total. The van der Waals surface area contributed by atoms with Crippen LogP contribution >= 0.6 is 0 Å². The summed E-state index contributed by atoms with van der Waals surface area (Å²) >= 11 is 0. The predicted octanol–water partition coefficient (Wildman–Crippen LogP) is 4.98. The number of nitriles is 1. The Hall–Kier alpha value is -3.90. The fraction of sp³-hybridized carbons (Fsp3) is 0.367. The minimum Gasteiger partial charge on any atom is -0.352 e. The van der Waals surface area contributed by atoms with E-state index >= 15 is 0 Å². The summed E-state index contributed by atoms with van der Waals surface area (Å²) in [4.78, 5) is 26.9. The third kappa shape index (κ3) is 6.58. The number of hydrogen-bond donors (Lipinski definition) is 1. The smallest absolute Gasteiger partial charge is 0.352 e. The van der Waals surface area contributed by atoms with Crippen molar-refractivity contribution in [2.45, 2.75) is 32.5 Å². The maximum Gasteiger partial charge on any atom is 0.416 e. The van der Waals surface area contributed by atoms with Gasteiger partial charge in [0.25, 0.3) is 5.91 Å². The van der Waals surface area contributed by atoms with Crippen LogP contribution in [0.4, 0.5) is 13.2 Å². The van der Waals surface area contributed by atoms with Crippen LogP contribution in [0.15, 0.2) is 59.5 Å². The van der Waals surface area contributed by atoms with Crippen molar-refractivity contribution in [2.24, 2.45) is 5.92 Å². The van der Waals surface area contributed by atoms with Gasteiger partial charge < -0.3 is 14.4 Å². The van der Waals surface area contributed by atoms with Crippen molar-refractivity contribution >= 4 is 5.91 Å². The summed E-state index contributed by atoms with van der Waals surface area (Å²) in [7, 11) is 4.35. The van der Waals surface area contributed by atoms with Crippen molar-refractivity contribution in [1.29, 1.82) is 5.26 Å². The first-order valence-corrected chi connectivity index (χ1v) is 12.9. The minimum absolute atomic E-state index is 0.0547. The Morgan fingerprint density at radius 1 is 1.13 bits per heavy atom. The zero-order valence-corrected chi connectivity index (χ0v) is 22.3. The Kier molecular flexibility index (Phi) is 7.98. The molecule has 0 aliphatic carbocycles. The number of carbonyl (C=O) groups excluding carboxylic acids is 1. The molecule has 39 heavy (non-hydrogen) atoms. The number of likely N-dealkylation sites (tertiary alicyclic amines) is 1. The number of nitrogens with one attached hydrogen (secondary N) is 1. The molecule has 1 aliphatic rings. The van der Waals surface area contributed by atoms with Crippen LogP contribution in [0.5, 0.6) is 0 Å². The Bertz CT molecular complexity index is 1460. The van der Waals surface area contributed by atoms with Gasteiger partial charge in [-0.1, -0.05) is 24.3 Å². The summed E-state index contributed by atoms with van der Waals surface area (Å²) in [6.45, 7) is 4.36. The van der Waals surface area contributed by atoms with Crippen molar-refractivity contribution < 1.29 is 22.4 Å². The van der Waals surface area contributed by atoms with Gasteiger partial charge in [0.05, 0.1) is 44.4 Å². The van der Waals surface area contributed by atoms with E-state index in [0.29, 0.717) is 23.7 Å². The number of hydrogen-bond acceptors (Lipinski definition) is 3. The molecule has 0 radical (unpaired) electrons. The van der Waals surface area contributed by atoms with Crippen molar-refractivity contribution in [2.75, 3.05) is 33.7 Å². The number of halogens is 3. The van der Waals surface area contributed by atoms with E-state index in [9.17, 15) is 22.8 Å². The van der Waals surface area contributed by atoms with Crippen LogP contribution in [0, 0.1) is 24.2 Å². The number of amides is 1. The maximum absolute atomic E-state index is 13.6. The summed E-state index contributed by atoms with van der Waals surface area (Å²) in [6, 6.07) is 13.5. The van der Waals surface area contributed by atoms with Gasteiger partial charge in [0.2, 0.25) is 5.43 Å². The second-order valence-corrected chi connectivity index (χ2v) is 10.9. The van der Waals surface area contributed by atoms with E-state index < -0.39 is 23.1 Å². The SMILES string of the molecule is Cc1c(-c2cccc(C(F)(F)F)c2)c(=O)c(C(=O)NCC2CC[N+](C)(C)CC2)cn1Cc1ccc(C#N)cc1. The summed E-state index contributed by atoms with van der Waals surface area (Å²) in [6.07, 6.45) is -1.18. The van der Waals surface area contributed by atoms with Gasteiger partial charge in [-0.2, -0.15) is 18.4 Å². The van der Waals surface area contributed by atoms with Crippen LogP contribution in [0.25, 0.3) is 11.1 Å². The molecule has 3 aromatic rings. The number of pyridine rings is 1. The minimum atomic E-state index is -4.58. The van der Waals surface area contributed by atoms with E-state index in [0.717, 1.165) is 48.1 Å². The molecule has 0 unspecified atom stereocenters. The largest absolute Gasteiger partial charge is 0.416 e. The molecular formula is C30H32F3N4O2+. The highest BCUT2D eigenvalue weighted by molar-refractivity contribution is 5.95. The Morgan fingerprint density at radius 2 is 1.79 bits per heavy atom. The van der Waals surface area contributed by atoms with Gasteiger partial charge in [-0.05, 0) is 48.2 Å². The first-order chi connectivity index (χ1) is 18.4. The molecule has 4 rings (SSSR count). The van der Waals surface area contributed by atoms with Crippen molar-refractivity contribution in [3.63, 3.8) is 0 Å². The predicted molar refractivity (Wildman–Crippen MR) is 143 cm³/mol. The van der Waals surface area contributed by atoms with E-state index in [1.807, 2.05) is 0 Å². The van der Waals surface area contributed by atoms with E-state index in [1.165, 1.54) is 18.3 Å². The Labute approximate surface area is 225 Å². The fourth-order valence-corrected chi connectivity index (χ4v) is 5.01. The summed E-state index contributed by atoms with van der Waals surface area (Å²) in [5.74, 6) is -0.240. The number of aromatic nitrogens is 1. The Morgan fingerprint density at radius 3 is 2.41 bits per heavy atom. The van der Waals surface area contributed by atoms with Crippen LogP contribution in [0.3, 0.4) is 0 Å². The van der Waals surface area contributed by atoms with E-state index in [1.54, 1.807) is 35.8 Å². The molecule has 9 heteroatoms. The molecule has 0 bridgehead atoms. The molecule has 204 valence electrons. The van der Waals surface area contributed by atoms with Gasteiger partial charge in [-0.3, -0.25) is 9.59 Å². The van der Waals surface area contributed by atoms with Gasteiger partial charge in [0.15, 0.2) is 0 Å². The van der Waals surface area contributed by atoms with Crippen molar-refractivity contribution in [1.82, 2.24) is 9.88 Å². The van der Waals surface area contributed by atoms with Crippen LogP contribution < -0.4 is 10.7 Å². The second kappa shape index (κ2) is 11.1. The number of quaternary nitrogens is 1. The molecule has 1 aromatic heterocycles. The average molecular weight is 538 g/mol. The van der Waals surface area contributed by atoms with Gasteiger partial charge in [0, 0.05) is 43.4 Å². The van der Waals surface area contributed by atoms with Crippen LogP contribution in [-0.4, -0.2) is 48.7 Å². The van der Waals surface area contributed by atoms with Crippen LogP contribution in [0.2, 0.25) is 0 Å². The second-order valence-electron chi connectivity index (χ2n) is 10.9. The lowest BCUT2D eigenvalue weighted by molar-refractivity contribution is -0.896. The first kappa shape index (κ1) is 28.1. The first-order valence-electron chi connectivity index (χ1n) is 12.9. The monoisotopic (exact) mass is 537 g/mol. The lowest BCUT2D eigenvalue weighted by atomic mass is 9.95.